The zero-order valence-electron chi connectivity index (χ0n) is 22.3. The van der Waals surface area contributed by atoms with E-state index in [4.69, 9.17) is 4.74 Å². The molecule has 8 heteroatoms. The van der Waals surface area contributed by atoms with Crippen LogP contribution in [-0.4, -0.2) is 73.5 Å². The third kappa shape index (κ3) is 6.29. The molecule has 2 atom stereocenters. The number of piperazine rings is 1. The Labute approximate surface area is 218 Å². The van der Waals surface area contributed by atoms with Crippen LogP contribution in [0.25, 0.3) is 0 Å². The van der Waals surface area contributed by atoms with Crippen LogP contribution in [0.5, 0.6) is 5.75 Å². The largest absolute Gasteiger partial charge is 0.493 e. The average Bonchev–Trinajstić information content (AvgIpc) is 2.87. The molecule has 2 aromatic carbocycles. The van der Waals surface area contributed by atoms with Crippen molar-refractivity contribution in [1.82, 2.24) is 14.7 Å². The van der Waals surface area contributed by atoms with Crippen LogP contribution in [0, 0.1) is 13.8 Å². The van der Waals surface area contributed by atoms with Crippen molar-refractivity contribution >= 4 is 5.91 Å². The molecule has 0 aromatic heterocycles. The Kier molecular flexibility index (Phi) is 8.49. The average molecular weight is 518 g/mol. The van der Waals surface area contributed by atoms with Gasteiger partial charge >= 0.3 is 6.18 Å². The number of carbonyl (C=O) groups is 1. The number of amides is 1. The SMILES string of the molecule is Cc1c(OCCCN(C)C)ccc(C2CCC[C@H]3CN(C(=O)c4ccc(C(F)(F)F)cc4)CCN23)c1C. The van der Waals surface area contributed by atoms with Crippen LogP contribution in [0.2, 0.25) is 0 Å². The maximum Gasteiger partial charge on any atom is 0.416 e. The van der Waals surface area contributed by atoms with Crippen LogP contribution in [0.1, 0.15) is 64.3 Å². The highest BCUT2D eigenvalue weighted by Gasteiger charge is 2.38. The first-order valence-corrected chi connectivity index (χ1v) is 13.2. The van der Waals surface area contributed by atoms with Gasteiger partial charge in [-0.15, -0.1) is 0 Å². The number of carbonyl (C=O) groups excluding carboxylic acids is 1. The van der Waals surface area contributed by atoms with Crippen molar-refractivity contribution in [2.24, 2.45) is 0 Å². The summed E-state index contributed by atoms with van der Waals surface area (Å²) in [4.78, 5) is 19.6. The van der Waals surface area contributed by atoms with Crippen molar-refractivity contribution < 1.29 is 22.7 Å². The molecule has 202 valence electrons. The highest BCUT2D eigenvalue weighted by atomic mass is 19.4. The molecule has 5 nitrogen and oxygen atoms in total. The molecule has 0 bridgehead atoms. The van der Waals surface area contributed by atoms with E-state index in [0.717, 1.165) is 56.7 Å². The number of fused-ring (bicyclic) bond motifs is 1. The summed E-state index contributed by atoms with van der Waals surface area (Å²) in [6.45, 7) is 7.90. The fourth-order valence-electron chi connectivity index (χ4n) is 5.65. The molecule has 1 amide bonds. The summed E-state index contributed by atoms with van der Waals surface area (Å²) in [6.07, 6.45) is -0.259. The number of benzene rings is 2. The zero-order valence-corrected chi connectivity index (χ0v) is 22.3. The zero-order chi connectivity index (χ0) is 26.7. The number of halogens is 3. The summed E-state index contributed by atoms with van der Waals surface area (Å²) in [5.74, 6) is 0.748. The van der Waals surface area contributed by atoms with E-state index in [-0.39, 0.29) is 11.9 Å². The van der Waals surface area contributed by atoms with Crippen LogP contribution in [-0.2, 0) is 6.18 Å². The Bertz CT molecular complexity index is 1090. The van der Waals surface area contributed by atoms with Crippen LogP contribution in [0.15, 0.2) is 36.4 Å². The van der Waals surface area contributed by atoms with Gasteiger partial charge in [-0.2, -0.15) is 13.2 Å². The number of nitrogens with zero attached hydrogens (tertiary/aromatic N) is 3. The quantitative estimate of drug-likeness (QED) is 0.441. The molecule has 2 aromatic rings. The van der Waals surface area contributed by atoms with Crippen molar-refractivity contribution in [3.63, 3.8) is 0 Å². The van der Waals surface area contributed by atoms with Gasteiger partial charge < -0.3 is 14.5 Å². The predicted octanol–water partition coefficient (Wildman–Crippen LogP) is 5.70. The third-order valence-electron chi connectivity index (χ3n) is 7.84. The van der Waals surface area contributed by atoms with Gasteiger partial charge in [-0.3, -0.25) is 9.69 Å². The van der Waals surface area contributed by atoms with Gasteiger partial charge in [-0.1, -0.05) is 6.07 Å². The molecule has 37 heavy (non-hydrogen) atoms. The summed E-state index contributed by atoms with van der Waals surface area (Å²) >= 11 is 0. The maximum atomic E-state index is 13.1. The van der Waals surface area contributed by atoms with Gasteiger partial charge in [-0.25, -0.2) is 0 Å². The van der Waals surface area contributed by atoms with Crippen LogP contribution in [0.4, 0.5) is 13.2 Å². The van der Waals surface area contributed by atoms with Gasteiger partial charge in [-0.05, 0) is 101 Å². The molecule has 0 aliphatic carbocycles. The van der Waals surface area contributed by atoms with Gasteiger partial charge in [0.05, 0.1) is 12.2 Å². The third-order valence-corrected chi connectivity index (χ3v) is 7.84. The van der Waals surface area contributed by atoms with Gasteiger partial charge in [0.25, 0.3) is 5.91 Å². The standard InChI is InChI=1S/C29H38F3N3O2/c1-20-21(2)27(37-18-6-15-33(3)4)14-13-25(20)26-8-5-7-24-19-34(16-17-35(24)26)28(36)22-9-11-23(12-10-22)29(30,31)32/h9-14,24,26H,5-8,15-19H2,1-4H3/t24-,26?/m0/s1. The van der Waals surface area contributed by atoms with E-state index in [0.29, 0.717) is 31.3 Å². The first-order valence-electron chi connectivity index (χ1n) is 13.2. The number of hydrogen-bond acceptors (Lipinski definition) is 4. The lowest BCUT2D eigenvalue weighted by Crippen LogP contribution is -2.57. The van der Waals surface area contributed by atoms with E-state index in [1.54, 1.807) is 4.90 Å². The number of rotatable bonds is 7. The Hall–Kier alpha value is -2.58. The van der Waals surface area contributed by atoms with E-state index < -0.39 is 11.7 Å². The summed E-state index contributed by atoms with van der Waals surface area (Å²) in [5, 5.41) is 0. The number of alkyl halides is 3. The summed E-state index contributed by atoms with van der Waals surface area (Å²) < 4.78 is 44.8. The second kappa shape index (κ2) is 11.4. The Morgan fingerprint density at radius 2 is 1.76 bits per heavy atom. The lowest BCUT2D eigenvalue weighted by molar-refractivity contribution is -0.137. The monoisotopic (exact) mass is 517 g/mol. The molecule has 0 saturated carbocycles. The fourth-order valence-corrected chi connectivity index (χ4v) is 5.65. The number of ether oxygens (including phenoxy) is 1. The molecule has 0 N–H and O–H groups in total. The van der Waals surface area contributed by atoms with E-state index in [9.17, 15) is 18.0 Å². The molecule has 0 radical (unpaired) electrons. The molecular weight excluding hydrogens is 479 g/mol. The summed E-state index contributed by atoms with van der Waals surface area (Å²) in [6, 6.07) is 9.39. The predicted molar refractivity (Wildman–Crippen MR) is 139 cm³/mol. The minimum atomic E-state index is -4.41. The van der Waals surface area contributed by atoms with Crippen molar-refractivity contribution in [1.29, 1.82) is 0 Å². The Balaban J connectivity index is 1.42. The lowest BCUT2D eigenvalue weighted by Gasteiger charge is -2.49. The van der Waals surface area contributed by atoms with Gasteiger partial charge in [0.15, 0.2) is 0 Å². The number of piperidine rings is 1. The van der Waals surface area contributed by atoms with Gasteiger partial charge in [0.1, 0.15) is 5.75 Å². The van der Waals surface area contributed by atoms with Crippen LogP contribution < -0.4 is 4.74 Å². The molecule has 2 saturated heterocycles. The highest BCUT2D eigenvalue weighted by Crippen LogP contribution is 2.39. The smallest absolute Gasteiger partial charge is 0.416 e. The number of hydrogen-bond donors (Lipinski definition) is 0. The Morgan fingerprint density at radius 3 is 2.43 bits per heavy atom. The van der Waals surface area contributed by atoms with Crippen molar-refractivity contribution in [2.45, 2.75) is 57.8 Å². The minimum Gasteiger partial charge on any atom is -0.493 e. The summed E-state index contributed by atoms with van der Waals surface area (Å²) in [5.41, 5.74) is 3.34. The fraction of sp³-hybridized carbons (Fsp3) is 0.552. The van der Waals surface area contributed by atoms with Gasteiger partial charge in [0.2, 0.25) is 0 Å². The van der Waals surface area contributed by atoms with Crippen molar-refractivity contribution in [2.75, 3.05) is 46.9 Å². The second-order valence-electron chi connectivity index (χ2n) is 10.6. The lowest BCUT2D eigenvalue weighted by atomic mass is 9.86. The molecule has 0 spiro atoms. The topological polar surface area (TPSA) is 36.0 Å². The van der Waals surface area contributed by atoms with Crippen molar-refractivity contribution in [3.05, 3.63) is 64.2 Å². The second-order valence-corrected chi connectivity index (χ2v) is 10.6. The van der Waals surface area contributed by atoms with Crippen molar-refractivity contribution in [3.8, 4) is 5.75 Å². The molecule has 2 fully saturated rings. The van der Waals surface area contributed by atoms with E-state index in [1.807, 2.05) is 0 Å². The first-order chi connectivity index (χ1) is 17.6. The van der Waals surface area contributed by atoms with E-state index in [2.05, 4.69) is 49.9 Å². The maximum absolute atomic E-state index is 13.1. The summed E-state index contributed by atoms with van der Waals surface area (Å²) in [7, 11) is 4.12. The molecular formula is C29H38F3N3O2. The molecule has 1 unspecified atom stereocenters. The minimum absolute atomic E-state index is 0.196. The van der Waals surface area contributed by atoms with Crippen LogP contribution >= 0.6 is 0 Å². The molecule has 2 heterocycles. The molecule has 2 aliphatic heterocycles. The molecule has 4 rings (SSSR count). The Morgan fingerprint density at radius 1 is 1.03 bits per heavy atom. The van der Waals surface area contributed by atoms with Gasteiger partial charge in [0, 0.05) is 43.8 Å². The normalized spacial score (nSPS) is 20.7. The molecule has 2 aliphatic rings. The van der Waals surface area contributed by atoms with E-state index >= 15 is 0 Å². The highest BCUT2D eigenvalue weighted by molar-refractivity contribution is 5.94. The first kappa shape index (κ1) is 27.5. The van der Waals surface area contributed by atoms with E-state index in [1.165, 1.54) is 28.8 Å². The van der Waals surface area contributed by atoms with Crippen LogP contribution in [0.3, 0.4) is 0 Å².